The molecule has 0 bridgehead atoms. The fourth-order valence-electron chi connectivity index (χ4n) is 4.21. The van der Waals surface area contributed by atoms with Crippen LogP contribution >= 0.6 is 0 Å². The summed E-state index contributed by atoms with van der Waals surface area (Å²) in [7, 11) is -1.67. The predicted octanol–water partition coefficient (Wildman–Crippen LogP) is 2.23. The molecule has 6 nitrogen and oxygen atoms in total. The van der Waals surface area contributed by atoms with E-state index in [4.69, 9.17) is 9.15 Å². The van der Waals surface area contributed by atoms with Crippen molar-refractivity contribution in [2.45, 2.75) is 43.8 Å². The molecule has 1 fully saturated rings. The maximum atomic E-state index is 12.6. The first-order valence-corrected chi connectivity index (χ1v) is 9.91. The molecular formula is C22H22BNO5. The molecule has 0 unspecified atom stereocenters. The van der Waals surface area contributed by atoms with E-state index in [1.54, 1.807) is 6.26 Å². The number of fused-ring (bicyclic) bond motifs is 3. The van der Waals surface area contributed by atoms with Crippen molar-refractivity contribution in [1.29, 1.82) is 0 Å². The van der Waals surface area contributed by atoms with Gasteiger partial charge in [0.15, 0.2) is 0 Å². The molecule has 5 rings (SSSR count). The van der Waals surface area contributed by atoms with Crippen molar-refractivity contribution in [3.05, 3.63) is 71.0 Å². The Kier molecular flexibility index (Phi) is 4.46. The number of hydrogen-bond donors (Lipinski definition) is 3. The number of benzene rings is 2. The molecule has 1 spiro atoms. The lowest BCUT2D eigenvalue weighted by molar-refractivity contribution is -0.120. The van der Waals surface area contributed by atoms with Gasteiger partial charge < -0.3 is 24.5 Å². The zero-order chi connectivity index (χ0) is 20.0. The highest BCUT2D eigenvalue weighted by Crippen LogP contribution is 2.54. The van der Waals surface area contributed by atoms with Crippen LogP contribution in [-0.4, -0.2) is 29.0 Å². The van der Waals surface area contributed by atoms with Crippen LogP contribution in [0.4, 0.5) is 0 Å². The van der Waals surface area contributed by atoms with Gasteiger partial charge in [-0.05, 0) is 47.6 Å². The largest absolute Gasteiger partial charge is 0.475 e. The molecule has 1 saturated carbocycles. The van der Waals surface area contributed by atoms with Gasteiger partial charge in [-0.25, -0.2) is 0 Å². The van der Waals surface area contributed by atoms with Gasteiger partial charge in [-0.15, -0.1) is 0 Å². The Morgan fingerprint density at radius 3 is 2.83 bits per heavy atom. The monoisotopic (exact) mass is 391 g/mol. The molecule has 29 heavy (non-hydrogen) atoms. The lowest BCUT2D eigenvalue weighted by Gasteiger charge is -2.17. The van der Waals surface area contributed by atoms with Crippen LogP contribution in [0.5, 0.6) is 0 Å². The minimum atomic E-state index is -1.67. The molecule has 1 amide bonds. The summed E-state index contributed by atoms with van der Waals surface area (Å²) in [6.45, 7) is 0.638. The summed E-state index contributed by atoms with van der Waals surface area (Å²) in [6.07, 6.45) is 4.11. The third-order valence-electron chi connectivity index (χ3n) is 5.95. The number of rotatable bonds is 6. The second kappa shape index (κ2) is 7.02. The molecule has 2 aliphatic rings. The Balaban J connectivity index is 1.28. The lowest BCUT2D eigenvalue weighted by atomic mass is 9.75. The zero-order valence-corrected chi connectivity index (χ0v) is 15.9. The van der Waals surface area contributed by atoms with Gasteiger partial charge in [0.05, 0.1) is 30.8 Å². The van der Waals surface area contributed by atoms with Gasteiger partial charge >= 0.3 is 7.12 Å². The van der Waals surface area contributed by atoms with Crippen LogP contribution in [0.25, 0.3) is 11.0 Å². The minimum Gasteiger partial charge on any atom is -0.464 e. The molecule has 3 aromatic rings. The van der Waals surface area contributed by atoms with E-state index in [2.05, 4.69) is 11.4 Å². The molecule has 7 heteroatoms. The van der Waals surface area contributed by atoms with Crippen LogP contribution in [0, 0.1) is 0 Å². The summed E-state index contributed by atoms with van der Waals surface area (Å²) in [4.78, 5) is 12.6. The third kappa shape index (κ3) is 3.46. The van der Waals surface area contributed by atoms with Gasteiger partial charge in [0.2, 0.25) is 5.91 Å². The summed E-state index contributed by atoms with van der Waals surface area (Å²) in [5.41, 5.74) is 4.74. The smallest absolute Gasteiger partial charge is 0.464 e. The van der Waals surface area contributed by atoms with E-state index >= 15 is 0 Å². The normalized spacial score (nSPS) is 17.3. The van der Waals surface area contributed by atoms with Crippen molar-refractivity contribution in [2.24, 2.45) is 0 Å². The molecule has 0 radical (unpaired) electrons. The summed E-state index contributed by atoms with van der Waals surface area (Å²) < 4.78 is 11.4. The number of ether oxygens (including phenoxy) is 1. The standard InChI is InChI=1S/C22H22BNO5/c25-21(10-14-5-6-15-13-29-22(7-8-22)18(15)9-14)24-20(23(26)27)11-16-12-28-19-4-2-1-3-17(16)19/h1-6,9,12,20,26-27H,7-8,10-11,13H2,(H,24,25)/t20-/m0/s1. The molecular weight excluding hydrogens is 369 g/mol. The number of nitrogens with one attached hydrogen (secondary N) is 1. The van der Waals surface area contributed by atoms with E-state index in [1.165, 1.54) is 11.1 Å². The molecule has 3 N–H and O–H groups in total. The quantitative estimate of drug-likeness (QED) is 0.561. The van der Waals surface area contributed by atoms with E-state index in [0.29, 0.717) is 6.61 Å². The Bertz CT molecular complexity index is 1070. The second-order valence-corrected chi connectivity index (χ2v) is 8.00. The average molecular weight is 391 g/mol. The van der Waals surface area contributed by atoms with E-state index in [0.717, 1.165) is 34.9 Å². The number of carbonyl (C=O) groups is 1. The van der Waals surface area contributed by atoms with Crippen molar-refractivity contribution in [1.82, 2.24) is 5.32 Å². The molecule has 2 aromatic carbocycles. The van der Waals surface area contributed by atoms with Crippen LogP contribution < -0.4 is 5.32 Å². The molecule has 148 valence electrons. The fraction of sp³-hybridized carbons (Fsp3) is 0.318. The Morgan fingerprint density at radius 1 is 1.21 bits per heavy atom. The number of furan rings is 1. The highest BCUT2D eigenvalue weighted by molar-refractivity contribution is 6.43. The summed E-state index contributed by atoms with van der Waals surface area (Å²) in [6, 6.07) is 13.6. The van der Waals surface area contributed by atoms with Gasteiger partial charge in [0, 0.05) is 5.39 Å². The van der Waals surface area contributed by atoms with Crippen LogP contribution in [0.3, 0.4) is 0 Å². The van der Waals surface area contributed by atoms with Crippen molar-refractivity contribution >= 4 is 24.0 Å². The van der Waals surface area contributed by atoms with Crippen LogP contribution in [0.15, 0.2) is 53.1 Å². The molecule has 1 aromatic heterocycles. The lowest BCUT2D eigenvalue weighted by Crippen LogP contribution is -2.48. The Labute approximate surface area is 168 Å². The molecule has 1 aliphatic carbocycles. The van der Waals surface area contributed by atoms with E-state index in [1.807, 2.05) is 36.4 Å². The summed E-state index contributed by atoms with van der Waals surface area (Å²) in [5.74, 6) is -1.07. The average Bonchev–Trinajstić information content (AvgIpc) is 3.26. The van der Waals surface area contributed by atoms with Gasteiger partial charge in [-0.2, -0.15) is 0 Å². The topological polar surface area (TPSA) is 91.9 Å². The molecule has 0 saturated heterocycles. The maximum Gasteiger partial charge on any atom is 0.475 e. The van der Waals surface area contributed by atoms with Gasteiger partial charge in [0.25, 0.3) is 0 Å². The van der Waals surface area contributed by atoms with E-state index < -0.39 is 13.1 Å². The first-order chi connectivity index (χ1) is 14.0. The minimum absolute atomic E-state index is 0.117. The number of hydrogen-bond acceptors (Lipinski definition) is 5. The van der Waals surface area contributed by atoms with Crippen molar-refractivity contribution < 1.29 is 24.0 Å². The summed E-state index contributed by atoms with van der Waals surface area (Å²) >= 11 is 0. The van der Waals surface area contributed by atoms with Crippen molar-refractivity contribution in [2.75, 3.05) is 0 Å². The van der Waals surface area contributed by atoms with Crippen molar-refractivity contribution in [3.63, 3.8) is 0 Å². The predicted molar refractivity (Wildman–Crippen MR) is 108 cm³/mol. The highest BCUT2D eigenvalue weighted by atomic mass is 16.5. The SMILES string of the molecule is O=C(Cc1ccc2c(c1)C1(CC1)OC2)N[C@@H](Cc1coc2ccccc12)B(O)O. The molecule has 1 atom stereocenters. The Morgan fingerprint density at radius 2 is 2.03 bits per heavy atom. The van der Waals surface area contributed by atoms with Gasteiger partial charge in [-0.3, -0.25) is 4.79 Å². The van der Waals surface area contributed by atoms with Gasteiger partial charge in [-0.1, -0.05) is 36.4 Å². The first-order valence-electron chi connectivity index (χ1n) is 9.91. The number of carbonyl (C=O) groups excluding carboxylic acids is 1. The second-order valence-electron chi connectivity index (χ2n) is 8.00. The summed E-state index contributed by atoms with van der Waals surface area (Å²) in [5, 5.41) is 23.3. The van der Waals surface area contributed by atoms with E-state index in [9.17, 15) is 14.8 Å². The van der Waals surface area contributed by atoms with E-state index in [-0.39, 0.29) is 24.3 Å². The number of para-hydroxylation sites is 1. The van der Waals surface area contributed by atoms with Gasteiger partial charge in [0.1, 0.15) is 5.58 Å². The molecule has 1 aliphatic heterocycles. The Hall–Kier alpha value is -2.61. The first kappa shape index (κ1) is 18.4. The van der Waals surface area contributed by atoms with Crippen LogP contribution in [-0.2, 0) is 34.6 Å². The zero-order valence-electron chi connectivity index (χ0n) is 15.9. The number of amides is 1. The van der Waals surface area contributed by atoms with Crippen LogP contribution in [0.2, 0.25) is 0 Å². The third-order valence-corrected chi connectivity index (χ3v) is 5.95. The molecule has 2 heterocycles. The fourth-order valence-corrected chi connectivity index (χ4v) is 4.21. The highest BCUT2D eigenvalue weighted by Gasteiger charge is 2.50. The van der Waals surface area contributed by atoms with Crippen molar-refractivity contribution in [3.8, 4) is 0 Å². The van der Waals surface area contributed by atoms with Crippen LogP contribution in [0.1, 0.15) is 35.1 Å². The maximum absolute atomic E-state index is 12.6.